The van der Waals surface area contributed by atoms with E-state index in [4.69, 9.17) is 4.74 Å². The molecule has 1 aliphatic heterocycles. The first-order chi connectivity index (χ1) is 13.6. The predicted octanol–water partition coefficient (Wildman–Crippen LogP) is 1.24. The van der Waals surface area contributed by atoms with Crippen molar-refractivity contribution in [2.75, 3.05) is 25.0 Å². The average molecular weight is 401 g/mol. The number of hydrogen-bond donors (Lipinski definition) is 1. The lowest BCUT2D eigenvalue weighted by atomic mass is 9.99. The molecule has 1 saturated heterocycles. The number of amides is 2. The fraction of sp³-hybridized carbons (Fsp3) is 0.444. The van der Waals surface area contributed by atoms with Crippen LogP contribution in [0.25, 0.3) is 0 Å². The van der Waals surface area contributed by atoms with Crippen molar-refractivity contribution in [2.45, 2.75) is 25.7 Å². The summed E-state index contributed by atoms with van der Waals surface area (Å²) in [5, 5.41) is 3.30. The van der Waals surface area contributed by atoms with Gasteiger partial charge in [-0.25, -0.2) is 9.97 Å². The van der Waals surface area contributed by atoms with E-state index in [9.17, 15) is 14.4 Å². The third-order valence-electron chi connectivity index (χ3n) is 4.84. The Bertz CT molecular complexity index is 910. The van der Waals surface area contributed by atoms with E-state index in [0.717, 1.165) is 11.3 Å². The molecule has 2 aromatic heterocycles. The van der Waals surface area contributed by atoms with Crippen molar-refractivity contribution in [3.63, 3.8) is 0 Å². The quantitative estimate of drug-likeness (QED) is 0.750. The molecule has 28 heavy (non-hydrogen) atoms. The van der Waals surface area contributed by atoms with Gasteiger partial charge in [0.05, 0.1) is 24.4 Å². The highest BCUT2D eigenvalue weighted by molar-refractivity contribution is 7.16. The summed E-state index contributed by atoms with van der Waals surface area (Å²) >= 11 is 1.40. The van der Waals surface area contributed by atoms with E-state index in [2.05, 4.69) is 20.3 Å². The number of nitrogens with one attached hydrogen (secondary N) is 1. The van der Waals surface area contributed by atoms with Gasteiger partial charge >= 0.3 is 5.97 Å². The van der Waals surface area contributed by atoms with Crippen LogP contribution in [0.1, 0.15) is 40.3 Å². The number of ether oxygens (including phenoxy) is 1. The fourth-order valence-corrected chi connectivity index (χ4v) is 4.38. The highest BCUT2D eigenvalue weighted by Crippen LogP contribution is 2.39. The molecule has 146 valence electrons. The average Bonchev–Trinajstić information content (AvgIpc) is 3.21. The van der Waals surface area contributed by atoms with Gasteiger partial charge in [0.25, 0.3) is 5.91 Å². The Morgan fingerprint density at radius 1 is 1.32 bits per heavy atom. The topological polar surface area (TPSA) is 114 Å². The van der Waals surface area contributed by atoms with Crippen molar-refractivity contribution >= 4 is 34.3 Å². The molecule has 1 atom stereocenters. The molecular formula is C18H19N5O4S. The molecule has 2 aromatic rings. The van der Waals surface area contributed by atoms with Crippen LogP contribution in [0.3, 0.4) is 0 Å². The SMILES string of the molecule is CCOC(=O)[C@@H]1CCc2sc(NC(=O)C3CN(C(=O)c4cnccn4)C3)nc21. The molecule has 3 heterocycles. The molecule has 0 saturated carbocycles. The number of esters is 1. The van der Waals surface area contributed by atoms with Gasteiger partial charge in [0.15, 0.2) is 5.13 Å². The fourth-order valence-electron chi connectivity index (χ4n) is 3.34. The first-order valence-electron chi connectivity index (χ1n) is 9.09. The molecule has 4 rings (SSSR count). The molecular weight excluding hydrogens is 382 g/mol. The summed E-state index contributed by atoms with van der Waals surface area (Å²) in [4.78, 5) is 51.6. The number of carbonyl (C=O) groups is 3. The molecule has 0 aromatic carbocycles. The van der Waals surface area contributed by atoms with Gasteiger partial charge in [-0.2, -0.15) is 0 Å². The zero-order chi connectivity index (χ0) is 19.7. The van der Waals surface area contributed by atoms with E-state index in [1.807, 2.05) is 0 Å². The summed E-state index contributed by atoms with van der Waals surface area (Å²) < 4.78 is 5.10. The van der Waals surface area contributed by atoms with Crippen molar-refractivity contribution < 1.29 is 19.1 Å². The summed E-state index contributed by atoms with van der Waals surface area (Å²) in [5.41, 5.74) is 0.981. The van der Waals surface area contributed by atoms with Gasteiger partial charge in [0, 0.05) is 30.4 Å². The number of hydrogen-bond acceptors (Lipinski definition) is 8. The summed E-state index contributed by atoms with van der Waals surface area (Å²) in [6.45, 7) is 2.77. The Hall–Kier alpha value is -2.88. The van der Waals surface area contributed by atoms with Crippen molar-refractivity contribution in [3.8, 4) is 0 Å². The second-order valence-corrected chi connectivity index (χ2v) is 7.74. The lowest BCUT2D eigenvalue weighted by Gasteiger charge is -2.37. The Morgan fingerprint density at radius 3 is 2.86 bits per heavy atom. The molecule has 0 bridgehead atoms. The maximum atomic E-state index is 12.4. The number of thiazole rings is 1. The number of rotatable bonds is 5. The minimum Gasteiger partial charge on any atom is -0.465 e. The Kier molecular flexibility index (Phi) is 5.03. The molecule has 2 aliphatic rings. The Balaban J connectivity index is 1.33. The van der Waals surface area contributed by atoms with Gasteiger partial charge in [-0.3, -0.25) is 19.4 Å². The van der Waals surface area contributed by atoms with Gasteiger partial charge in [-0.15, -0.1) is 11.3 Å². The van der Waals surface area contributed by atoms with E-state index in [-0.39, 0.29) is 35.3 Å². The van der Waals surface area contributed by atoms with Crippen molar-refractivity contribution in [3.05, 3.63) is 34.9 Å². The summed E-state index contributed by atoms with van der Waals surface area (Å²) in [6, 6.07) is 0. The standard InChI is InChI=1S/C18H19N5O4S/c1-2-27-17(26)11-3-4-13-14(11)21-18(28-13)22-15(24)10-8-23(9-10)16(25)12-7-19-5-6-20-12/h5-7,10-11H,2-4,8-9H2,1H3,(H,21,22,24)/t11-/m1/s1. The first kappa shape index (κ1) is 18.5. The smallest absolute Gasteiger partial charge is 0.315 e. The summed E-state index contributed by atoms with van der Waals surface area (Å²) in [5.74, 6) is -1.31. The second-order valence-electron chi connectivity index (χ2n) is 6.66. The molecule has 9 nitrogen and oxygen atoms in total. The maximum Gasteiger partial charge on any atom is 0.315 e. The number of nitrogens with zero attached hydrogens (tertiary/aromatic N) is 4. The van der Waals surface area contributed by atoms with Crippen molar-refractivity contribution in [1.82, 2.24) is 19.9 Å². The molecule has 10 heteroatoms. The number of fused-ring (bicyclic) bond motifs is 1. The number of anilines is 1. The third-order valence-corrected chi connectivity index (χ3v) is 5.89. The van der Waals surface area contributed by atoms with E-state index in [1.54, 1.807) is 11.8 Å². The highest BCUT2D eigenvalue weighted by Gasteiger charge is 2.38. The van der Waals surface area contributed by atoms with Gasteiger partial charge < -0.3 is 15.0 Å². The summed E-state index contributed by atoms with van der Waals surface area (Å²) in [6.07, 6.45) is 5.83. The second kappa shape index (κ2) is 7.63. The van der Waals surface area contributed by atoms with E-state index in [0.29, 0.717) is 36.9 Å². The van der Waals surface area contributed by atoms with Crippen LogP contribution in [0.5, 0.6) is 0 Å². The molecule has 1 aliphatic carbocycles. The molecule has 0 spiro atoms. The van der Waals surface area contributed by atoms with Crippen LogP contribution < -0.4 is 5.32 Å². The Morgan fingerprint density at radius 2 is 2.14 bits per heavy atom. The van der Waals surface area contributed by atoms with Gasteiger partial charge in [0.2, 0.25) is 5.91 Å². The zero-order valence-corrected chi connectivity index (χ0v) is 16.1. The molecule has 1 N–H and O–H groups in total. The summed E-state index contributed by atoms with van der Waals surface area (Å²) in [7, 11) is 0. The van der Waals surface area contributed by atoms with Gasteiger partial charge in [-0.05, 0) is 19.8 Å². The lowest BCUT2D eigenvalue weighted by molar-refractivity contribution is -0.145. The normalized spacial score (nSPS) is 18.3. The molecule has 0 radical (unpaired) electrons. The van der Waals surface area contributed by atoms with Crippen LogP contribution >= 0.6 is 11.3 Å². The van der Waals surface area contributed by atoms with Crippen LogP contribution in [0.15, 0.2) is 18.6 Å². The van der Waals surface area contributed by atoms with Crippen LogP contribution in [-0.2, 0) is 20.7 Å². The Labute approximate surface area is 165 Å². The van der Waals surface area contributed by atoms with Crippen LogP contribution in [0.2, 0.25) is 0 Å². The largest absolute Gasteiger partial charge is 0.465 e. The molecule has 2 amide bonds. The van der Waals surface area contributed by atoms with Crippen LogP contribution in [0.4, 0.5) is 5.13 Å². The van der Waals surface area contributed by atoms with E-state index in [1.165, 1.54) is 29.9 Å². The van der Waals surface area contributed by atoms with E-state index < -0.39 is 0 Å². The predicted molar refractivity (Wildman–Crippen MR) is 99.9 cm³/mol. The van der Waals surface area contributed by atoms with Crippen LogP contribution in [0, 0.1) is 5.92 Å². The number of aryl methyl sites for hydroxylation is 1. The lowest BCUT2D eigenvalue weighted by Crippen LogP contribution is -2.54. The van der Waals surface area contributed by atoms with Crippen LogP contribution in [-0.4, -0.2) is 57.3 Å². The van der Waals surface area contributed by atoms with E-state index >= 15 is 0 Å². The van der Waals surface area contributed by atoms with Crippen molar-refractivity contribution in [2.24, 2.45) is 5.92 Å². The highest BCUT2D eigenvalue weighted by atomic mass is 32.1. The number of likely N-dealkylation sites (tertiary alicyclic amines) is 1. The minimum absolute atomic E-state index is 0.177. The van der Waals surface area contributed by atoms with Gasteiger partial charge in [0.1, 0.15) is 11.6 Å². The van der Waals surface area contributed by atoms with Crippen molar-refractivity contribution in [1.29, 1.82) is 0 Å². The molecule has 1 fully saturated rings. The monoisotopic (exact) mass is 401 g/mol. The third kappa shape index (κ3) is 3.47. The maximum absolute atomic E-state index is 12.4. The number of aromatic nitrogens is 3. The number of carbonyl (C=O) groups excluding carboxylic acids is 3. The zero-order valence-electron chi connectivity index (χ0n) is 15.3. The first-order valence-corrected chi connectivity index (χ1v) is 9.90. The molecule has 0 unspecified atom stereocenters. The van der Waals surface area contributed by atoms with Gasteiger partial charge in [-0.1, -0.05) is 0 Å². The minimum atomic E-state index is -0.347.